The summed E-state index contributed by atoms with van der Waals surface area (Å²) >= 11 is 0. The fraction of sp³-hybridized carbons (Fsp3) is 0.500. The van der Waals surface area contributed by atoms with Crippen LogP contribution in [0.2, 0.25) is 0 Å². The van der Waals surface area contributed by atoms with Crippen molar-refractivity contribution in [2.45, 2.75) is 18.8 Å². The largest absolute Gasteiger partial charge is 0.415 e. The zero-order valence-electron chi connectivity index (χ0n) is 12.2. The summed E-state index contributed by atoms with van der Waals surface area (Å²) < 4.78 is 36.7. The Bertz CT molecular complexity index is 472. The summed E-state index contributed by atoms with van der Waals surface area (Å²) in [6.07, 6.45) is -6.98. The smallest absolute Gasteiger partial charge is 0.382 e. The molecular weight excluding hydrogens is 285 g/mol. The Labute approximate surface area is 121 Å². The maximum atomic E-state index is 12.2. The molecule has 4 nitrogen and oxygen atoms in total. The maximum absolute atomic E-state index is 12.2. The second-order valence-electron chi connectivity index (χ2n) is 5.15. The van der Waals surface area contributed by atoms with Gasteiger partial charge in [-0.2, -0.15) is 13.2 Å². The molecule has 1 atom stereocenters. The van der Waals surface area contributed by atoms with E-state index in [-0.39, 0.29) is 12.5 Å². The highest BCUT2D eigenvalue weighted by molar-refractivity contribution is 5.93. The van der Waals surface area contributed by atoms with Crippen LogP contribution in [-0.4, -0.2) is 60.8 Å². The number of carbonyl (C=O) groups excluding carboxylic acids is 1. The first-order valence-corrected chi connectivity index (χ1v) is 6.35. The minimum Gasteiger partial charge on any atom is -0.382 e. The maximum Gasteiger partial charge on any atom is 0.415 e. The topological polar surface area (TPSA) is 43.8 Å². The minimum absolute atomic E-state index is 0.137. The van der Waals surface area contributed by atoms with Crippen LogP contribution < -0.4 is 0 Å². The monoisotopic (exact) mass is 304 g/mol. The molecule has 0 aliphatic heterocycles. The number of aliphatic hydroxyl groups is 1. The fourth-order valence-corrected chi connectivity index (χ4v) is 1.79. The molecular formula is C14H19F3N2O2. The summed E-state index contributed by atoms with van der Waals surface area (Å²) in [5, 5.41) is 9.00. The van der Waals surface area contributed by atoms with Gasteiger partial charge in [-0.1, -0.05) is 12.1 Å². The van der Waals surface area contributed by atoms with Gasteiger partial charge in [0.05, 0.1) is 0 Å². The van der Waals surface area contributed by atoms with Crippen LogP contribution in [0.15, 0.2) is 24.3 Å². The molecule has 0 bridgehead atoms. The lowest BCUT2D eigenvalue weighted by Crippen LogP contribution is -2.39. The van der Waals surface area contributed by atoms with E-state index >= 15 is 0 Å². The van der Waals surface area contributed by atoms with Crippen LogP contribution in [-0.2, 0) is 6.54 Å². The van der Waals surface area contributed by atoms with Crippen molar-refractivity contribution in [3.05, 3.63) is 35.4 Å². The third kappa shape index (κ3) is 5.35. The molecule has 0 spiro atoms. The third-order valence-corrected chi connectivity index (χ3v) is 2.92. The predicted octanol–water partition coefficient (Wildman–Crippen LogP) is 1.74. The normalized spacial score (nSPS) is 13.3. The number of hydrogen-bond donors (Lipinski definition) is 1. The van der Waals surface area contributed by atoms with Gasteiger partial charge < -0.3 is 10.0 Å². The van der Waals surface area contributed by atoms with E-state index in [2.05, 4.69) is 0 Å². The lowest BCUT2D eigenvalue weighted by Gasteiger charge is -2.22. The first kappa shape index (κ1) is 17.5. The molecule has 0 radical (unpaired) electrons. The van der Waals surface area contributed by atoms with Crippen molar-refractivity contribution in [2.75, 3.05) is 27.7 Å². The number of rotatable bonds is 5. The molecule has 1 unspecified atom stereocenters. The van der Waals surface area contributed by atoms with E-state index in [4.69, 9.17) is 5.11 Å². The number of carbonyl (C=O) groups is 1. The van der Waals surface area contributed by atoms with Crippen LogP contribution in [0.3, 0.4) is 0 Å². The Hall–Kier alpha value is -1.60. The Morgan fingerprint density at radius 1 is 1.19 bits per heavy atom. The van der Waals surface area contributed by atoms with Crippen molar-refractivity contribution in [2.24, 2.45) is 0 Å². The van der Waals surface area contributed by atoms with Gasteiger partial charge in [0.15, 0.2) is 6.10 Å². The molecule has 7 heteroatoms. The van der Waals surface area contributed by atoms with Gasteiger partial charge in [-0.3, -0.25) is 9.69 Å². The van der Waals surface area contributed by atoms with Crippen LogP contribution in [0, 0.1) is 0 Å². The summed E-state index contributed by atoms with van der Waals surface area (Å²) in [7, 11) is 4.78. The quantitative estimate of drug-likeness (QED) is 0.901. The molecule has 0 fully saturated rings. The lowest BCUT2D eigenvalue weighted by atomic mass is 10.1. The zero-order valence-corrected chi connectivity index (χ0v) is 12.2. The zero-order chi connectivity index (χ0) is 16.2. The second kappa shape index (κ2) is 6.91. The van der Waals surface area contributed by atoms with E-state index in [1.54, 1.807) is 38.4 Å². The summed E-state index contributed by atoms with van der Waals surface area (Å²) in [6.45, 7) is -0.245. The molecule has 0 saturated heterocycles. The van der Waals surface area contributed by atoms with Gasteiger partial charge in [-0.05, 0) is 24.7 Å². The number of likely N-dealkylation sites (N-methyl/N-ethyl adjacent to an activating group) is 1. The number of hydrogen-bond acceptors (Lipinski definition) is 3. The van der Waals surface area contributed by atoms with E-state index in [9.17, 15) is 18.0 Å². The first-order valence-electron chi connectivity index (χ1n) is 6.35. The number of nitrogens with zero attached hydrogens (tertiary/aromatic N) is 2. The third-order valence-electron chi connectivity index (χ3n) is 2.92. The molecule has 0 aliphatic rings. The van der Waals surface area contributed by atoms with Crippen LogP contribution in [0.25, 0.3) is 0 Å². The molecule has 1 amide bonds. The first-order chi connectivity index (χ1) is 9.61. The van der Waals surface area contributed by atoms with Crippen molar-refractivity contribution < 1.29 is 23.1 Å². The van der Waals surface area contributed by atoms with Crippen LogP contribution in [0.5, 0.6) is 0 Å². The van der Waals surface area contributed by atoms with Gasteiger partial charge >= 0.3 is 6.18 Å². The summed E-state index contributed by atoms with van der Waals surface area (Å²) in [5.74, 6) is -0.137. The van der Waals surface area contributed by atoms with Gasteiger partial charge in [0.1, 0.15) is 0 Å². The average Bonchev–Trinajstić information content (AvgIpc) is 2.37. The standard InChI is InChI=1S/C14H19F3N2O2/c1-18(2)13(21)11-6-4-10(5-7-11)8-19(3)9-12(20)14(15,16)17/h4-7,12,20H,8-9H2,1-3H3. The van der Waals surface area contributed by atoms with Gasteiger partial charge in [0.2, 0.25) is 0 Å². The molecule has 1 aromatic carbocycles. The van der Waals surface area contributed by atoms with Crippen LogP contribution in [0.1, 0.15) is 15.9 Å². The molecule has 1 rings (SSSR count). The van der Waals surface area contributed by atoms with Crippen molar-refractivity contribution in [3.63, 3.8) is 0 Å². The molecule has 21 heavy (non-hydrogen) atoms. The summed E-state index contributed by atoms with van der Waals surface area (Å²) in [4.78, 5) is 14.5. The van der Waals surface area contributed by atoms with Gasteiger partial charge in [0, 0.05) is 32.7 Å². The fourth-order valence-electron chi connectivity index (χ4n) is 1.79. The Morgan fingerprint density at radius 3 is 2.14 bits per heavy atom. The summed E-state index contributed by atoms with van der Waals surface area (Å²) in [6, 6.07) is 6.64. The highest BCUT2D eigenvalue weighted by atomic mass is 19.4. The lowest BCUT2D eigenvalue weighted by molar-refractivity contribution is -0.207. The number of halogens is 3. The van der Waals surface area contributed by atoms with E-state index in [1.807, 2.05) is 0 Å². The van der Waals surface area contributed by atoms with E-state index in [0.717, 1.165) is 5.56 Å². The molecule has 0 heterocycles. The van der Waals surface area contributed by atoms with Crippen molar-refractivity contribution in [3.8, 4) is 0 Å². The number of benzene rings is 1. The highest BCUT2D eigenvalue weighted by Gasteiger charge is 2.38. The van der Waals surface area contributed by atoms with E-state index < -0.39 is 18.8 Å². The van der Waals surface area contributed by atoms with Crippen molar-refractivity contribution in [1.82, 2.24) is 9.80 Å². The SMILES string of the molecule is CN(Cc1ccc(C(=O)N(C)C)cc1)CC(O)C(F)(F)F. The van der Waals surface area contributed by atoms with E-state index in [0.29, 0.717) is 5.56 Å². The Balaban J connectivity index is 2.62. The molecule has 1 aromatic rings. The van der Waals surface area contributed by atoms with Gasteiger partial charge in [-0.15, -0.1) is 0 Å². The molecule has 0 saturated carbocycles. The molecule has 1 N–H and O–H groups in total. The Kier molecular flexibility index (Phi) is 5.74. The van der Waals surface area contributed by atoms with Crippen molar-refractivity contribution >= 4 is 5.91 Å². The van der Waals surface area contributed by atoms with E-state index in [1.165, 1.54) is 16.8 Å². The predicted molar refractivity (Wildman–Crippen MR) is 72.9 cm³/mol. The summed E-state index contributed by atoms with van der Waals surface area (Å²) in [5.41, 5.74) is 1.28. The number of aliphatic hydroxyl groups excluding tert-OH is 1. The number of alkyl halides is 3. The van der Waals surface area contributed by atoms with Gasteiger partial charge in [0.25, 0.3) is 5.91 Å². The minimum atomic E-state index is -4.61. The highest BCUT2D eigenvalue weighted by Crippen LogP contribution is 2.20. The molecule has 118 valence electrons. The average molecular weight is 304 g/mol. The molecule has 0 aromatic heterocycles. The van der Waals surface area contributed by atoms with Crippen LogP contribution >= 0.6 is 0 Å². The number of amides is 1. The van der Waals surface area contributed by atoms with Crippen molar-refractivity contribution in [1.29, 1.82) is 0 Å². The Morgan fingerprint density at radius 2 is 1.71 bits per heavy atom. The molecule has 0 aliphatic carbocycles. The second-order valence-corrected chi connectivity index (χ2v) is 5.15. The van der Waals surface area contributed by atoms with Gasteiger partial charge in [-0.25, -0.2) is 0 Å². The van der Waals surface area contributed by atoms with Crippen LogP contribution in [0.4, 0.5) is 13.2 Å².